The zero-order valence-electron chi connectivity index (χ0n) is 19.1. The molecule has 0 aliphatic heterocycles. The van der Waals surface area contributed by atoms with Gasteiger partial charge in [-0.1, -0.05) is 48.5 Å². The molecule has 0 radical (unpaired) electrons. The Bertz CT molecular complexity index is 1150. The molecule has 3 unspecified atom stereocenters. The maximum atomic E-state index is 13.7. The number of carboxylic acids is 1. The molecule has 5 rings (SSSR count). The molecule has 0 bridgehead atoms. The minimum Gasteiger partial charge on any atom is -0.481 e. The summed E-state index contributed by atoms with van der Waals surface area (Å²) >= 11 is 0. The maximum Gasteiger partial charge on any atom is 0.408 e. The molecule has 2 aromatic rings. The Morgan fingerprint density at radius 1 is 1.06 bits per heavy atom. The average molecular weight is 484 g/mol. The van der Waals surface area contributed by atoms with Gasteiger partial charge in [-0.15, -0.1) is 0 Å². The summed E-state index contributed by atoms with van der Waals surface area (Å²) in [6.45, 7) is 1.15. The summed E-state index contributed by atoms with van der Waals surface area (Å²) in [6.07, 6.45) is 0.632. The predicted molar refractivity (Wildman–Crippen MR) is 122 cm³/mol. The van der Waals surface area contributed by atoms with Crippen molar-refractivity contribution in [3.8, 4) is 11.1 Å². The minimum atomic E-state index is -3.35. The Hall–Kier alpha value is -3.49. The molecule has 9 heteroatoms. The largest absolute Gasteiger partial charge is 0.481 e. The third kappa shape index (κ3) is 4.02. The number of fused-ring (bicyclic) bond motifs is 3. The van der Waals surface area contributed by atoms with Crippen molar-refractivity contribution in [2.45, 2.75) is 37.1 Å². The van der Waals surface area contributed by atoms with E-state index in [2.05, 4.69) is 10.6 Å². The standard InChI is InChI=1S/C26H26F2N2O5/c1-25(14-10-11-14,23(33)29-12-20-21(22(31)32)26(20,27)28)30-24(34)35-13-19-17-8-4-2-6-15(17)16-7-3-5-9-18(16)19/h2-9,14,19-21H,10-13H2,1H3,(H,29,33)(H,30,34)(H,31,32). The van der Waals surface area contributed by atoms with Crippen LogP contribution in [-0.4, -0.2) is 47.7 Å². The third-order valence-electron chi connectivity index (χ3n) is 7.52. The van der Waals surface area contributed by atoms with Crippen LogP contribution in [0, 0.1) is 17.8 Å². The number of benzene rings is 2. The first kappa shape index (κ1) is 23.3. The lowest BCUT2D eigenvalue weighted by atomic mass is 9.94. The molecule has 2 saturated carbocycles. The molecule has 3 aliphatic rings. The molecule has 3 atom stereocenters. The molecule has 0 heterocycles. The quantitative estimate of drug-likeness (QED) is 0.529. The molecule has 0 spiro atoms. The van der Waals surface area contributed by atoms with Gasteiger partial charge in [-0.25, -0.2) is 13.6 Å². The van der Waals surface area contributed by atoms with Crippen molar-refractivity contribution >= 4 is 18.0 Å². The van der Waals surface area contributed by atoms with E-state index in [1.807, 2.05) is 48.5 Å². The van der Waals surface area contributed by atoms with Crippen LogP contribution in [0.5, 0.6) is 0 Å². The van der Waals surface area contributed by atoms with Gasteiger partial charge < -0.3 is 20.5 Å². The second kappa shape index (κ2) is 8.32. The van der Waals surface area contributed by atoms with E-state index in [9.17, 15) is 23.2 Å². The number of hydrogen-bond acceptors (Lipinski definition) is 4. The maximum absolute atomic E-state index is 13.7. The number of alkyl halides is 2. The first-order valence-electron chi connectivity index (χ1n) is 11.7. The van der Waals surface area contributed by atoms with E-state index in [0.29, 0.717) is 12.8 Å². The highest BCUT2D eigenvalue weighted by Crippen LogP contribution is 2.55. The van der Waals surface area contributed by atoms with Gasteiger partial charge in [0.25, 0.3) is 5.92 Å². The van der Waals surface area contributed by atoms with Gasteiger partial charge in [0.2, 0.25) is 5.91 Å². The number of carbonyl (C=O) groups is 3. The number of carboxylic acid groups (broad SMARTS) is 1. The van der Waals surface area contributed by atoms with Gasteiger partial charge in [0, 0.05) is 12.5 Å². The average Bonchev–Trinajstić information content (AvgIpc) is 3.73. The summed E-state index contributed by atoms with van der Waals surface area (Å²) in [5.74, 6) is -9.12. The number of rotatable bonds is 8. The highest BCUT2D eigenvalue weighted by molar-refractivity contribution is 5.90. The molecule has 0 aromatic heterocycles. The summed E-state index contributed by atoms with van der Waals surface area (Å²) in [5, 5.41) is 14.0. The first-order valence-corrected chi connectivity index (χ1v) is 11.7. The molecule has 0 saturated heterocycles. The Balaban J connectivity index is 1.22. The fourth-order valence-corrected chi connectivity index (χ4v) is 5.22. The highest BCUT2D eigenvalue weighted by Gasteiger charge is 2.72. The summed E-state index contributed by atoms with van der Waals surface area (Å²) in [4.78, 5) is 36.6. The minimum absolute atomic E-state index is 0.0802. The zero-order valence-corrected chi connectivity index (χ0v) is 19.1. The van der Waals surface area contributed by atoms with Crippen molar-refractivity contribution in [1.82, 2.24) is 10.6 Å². The molecule has 2 amide bonds. The number of nitrogens with one attached hydrogen (secondary N) is 2. The number of alkyl carbamates (subject to hydrolysis) is 1. The van der Waals surface area contributed by atoms with E-state index < -0.39 is 47.8 Å². The van der Waals surface area contributed by atoms with E-state index in [1.165, 1.54) is 0 Å². The molecule has 3 N–H and O–H groups in total. The van der Waals surface area contributed by atoms with Gasteiger partial charge in [0.15, 0.2) is 0 Å². The molecule has 7 nitrogen and oxygen atoms in total. The molecular weight excluding hydrogens is 458 g/mol. The first-order chi connectivity index (χ1) is 16.6. The van der Waals surface area contributed by atoms with Crippen LogP contribution in [0.2, 0.25) is 0 Å². The van der Waals surface area contributed by atoms with E-state index in [0.717, 1.165) is 22.3 Å². The van der Waals surface area contributed by atoms with Gasteiger partial charge in [-0.3, -0.25) is 9.59 Å². The normalized spacial score (nSPS) is 23.4. The number of carbonyl (C=O) groups excluding carboxylic acids is 2. The number of halogens is 2. The van der Waals surface area contributed by atoms with Crippen molar-refractivity contribution in [2.24, 2.45) is 17.8 Å². The molecule has 3 aliphatic carbocycles. The summed E-state index contributed by atoms with van der Waals surface area (Å²) in [7, 11) is 0. The van der Waals surface area contributed by atoms with Crippen LogP contribution in [0.15, 0.2) is 48.5 Å². The Morgan fingerprint density at radius 3 is 2.14 bits per heavy atom. The zero-order chi connectivity index (χ0) is 25.0. The monoisotopic (exact) mass is 484 g/mol. The lowest BCUT2D eigenvalue weighted by molar-refractivity contribution is -0.141. The van der Waals surface area contributed by atoms with Crippen LogP contribution < -0.4 is 10.6 Å². The van der Waals surface area contributed by atoms with Crippen LogP contribution in [-0.2, 0) is 14.3 Å². The fraction of sp³-hybridized carbons (Fsp3) is 0.423. The smallest absolute Gasteiger partial charge is 0.408 e. The molecule has 35 heavy (non-hydrogen) atoms. The van der Waals surface area contributed by atoms with Crippen molar-refractivity contribution in [2.75, 3.05) is 13.2 Å². The molecule has 2 aromatic carbocycles. The molecule has 2 fully saturated rings. The van der Waals surface area contributed by atoms with Crippen molar-refractivity contribution in [3.05, 3.63) is 59.7 Å². The van der Waals surface area contributed by atoms with E-state index >= 15 is 0 Å². The van der Waals surface area contributed by atoms with Crippen molar-refractivity contribution < 1.29 is 33.0 Å². The number of ether oxygens (including phenoxy) is 1. The van der Waals surface area contributed by atoms with Crippen LogP contribution >= 0.6 is 0 Å². The highest BCUT2D eigenvalue weighted by atomic mass is 19.3. The van der Waals surface area contributed by atoms with Crippen molar-refractivity contribution in [3.63, 3.8) is 0 Å². The van der Waals surface area contributed by atoms with E-state index in [1.54, 1.807) is 6.92 Å². The fourth-order valence-electron chi connectivity index (χ4n) is 5.22. The Kier molecular flexibility index (Phi) is 5.53. The second-order valence-electron chi connectivity index (χ2n) is 9.73. The summed E-state index contributed by atoms with van der Waals surface area (Å²) < 4.78 is 32.9. The Morgan fingerprint density at radius 2 is 1.63 bits per heavy atom. The second-order valence-corrected chi connectivity index (χ2v) is 9.73. The van der Waals surface area contributed by atoms with Crippen molar-refractivity contribution in [1.29, 1.82) is 0 Å². The Labute approximate surface area is 200 Å². The topological polar surface area (TPSA) is 105 Å². The van der Waals surface area contributed by atoms with Gasteiger partial charge in [-0.2, -0.15) is 0 Å². The van der Waals surface area contributed by atoms with Gasteiger partial charge >= 0.3 is 12.1 Å². The van der Waals surface area contributed by atoms with E-state index in [-0.39, 0.29) is 18.4 Å². The third-order valence-corrected chi connectivity index (χ3v) is 7.52. The van der Waals surface area contributed by atoms with Crippen LogP contribution in [0.1, 0.15) is 36.8 Å². The lowest BCUT2D eigenvalue weighted by Gasteiger charge is -2.29. The van der Waals surface area contributed by atoms with Crippen LogP contribution in [0.4, 0.5) is 13.6 Å². The SMILES string of the molecule is CC(NC(=O)OCC1c2ccccc2-c2ccccc21)(C(=O)NCC1C(C(=O)O)C1(F)F)C1CC1. The number of amides is 2. The summed E-state index contributed by atoms with van der Waals surface area (Å²) in [5.41, 5.74) is 2.96. The number of aliphatic carboxylic acids is 1. The van der Waals surface area contributed by atoms with Gasteiger partial charge in [0.1, 0.15) is 18.1 Å². The van der Waals surface area contributed by atoms with E-state index in [4.69, 9.17) is 9.84 Å². The number of hydrogen-bond donors (Lipinski definition) is 3. The van der Waals surface area contributed by atoms with Crippen LogP contribution in [0.3, 0.4) is 0 Å². The molecule has 184 valence electrons. The summed E-state index contributed by atoms with van der Waals surface area (Å²) in [6, 6.07) is 15.8. The predicted octanol–water partition coefficient (Wildman–Crippen LogP) is 3.78. The van der Waals surface area contributed by atoms with Gasteiger partial charge in [0.05, 0.1) is 5.92 Å². The lowest BCUT2D eigenvalue weighted by Crippen LogP contribution is -2.59. The molecular formula is C26H26F2N2O5. The van der Waals surface area contributed by atoms with Crippen LogP contribution in [0.25, 0.3) is 11.1 Å². The van der Waals surface area contributed by atoms with Gasteiger partial charge in [-0.05, 0) is 47.9 Å².